The van der Waals surface area contributed by atoms with E-state index in [0.717, 1.165) is 69.8 Å². The Morgan fingerprint density at radius 2 is 1.18 bits per heavy atom. The van der Waals surface area contributed by atoms with Crippen LogP contribution < -0.4 is 4.90 Å². The van der Waals surface area contributed by atoms with Crippen molar-refractivity contribution < 1.29 is 19.4 Å². The summed E-state index contributed by atoms with van der Waals surface area (Å²) in [6.07, 6.45) is 1.83. The molecule has 49 heavy (non-hydrogen) atoms. The Hall–Kier alpha value is -5.22. The normalized spacial score (nSPS) is 11.2. The molecule has 0 fully saturated rings. The zero-order chi connectivity index (χ0) is 33.2. The molecule has 6 aromatic carbocycles. The summed E-state index contributed by atoms with van der Waals surface area (Å²) in [5.41, 5.74) is 10.6. The van der Waals surface area contributed by atoms with Crippen molar-refractivity contribution in [2.75, 3.05) is 4.90 Å². The van der Waals surface area contributed by atoms with Crippen LogP contribution >= 0.6 is 11.8 Å². The van der Waals surface area contributed by atoms with Gasteiger partial charge < -0.3 is 0 Å². The number of benzene rings is 6. The van der Waals surface area contributed by atoms with E-state index in [1.54, 1.807) is 11.8 Å². The minimum atomic E-state index is 0.908. The first-order valence-corrected chi connectivity index (χ1v) is 17.9. The molecule has 2 aromatic heterocycles. The van der Waals surface area contributed by atoms with Crippen molar-refractivity contribution in [2.24, 2.45) is 7.05 Å². The number of hydrogen-bond donors (Lipinski definition) is 0. The number of aryl methyl sites for hydroxylation is 1. The van der Waals surface area contributed by atoms with Crippen LogP contribution in [0.15, 0.2) is 174 Å². The number of fused-ring (bicyclic) bond motifs is 1. The summed E-state index contributed by atoms with van der Waals surface area (Å²) in [5.74, 6) is 0. The van der Waals surface area contributed by atoms with Gasteiger partial charge in [0.25, 0.3) is 0 Å². The molecule has 0 aliphatic carbocycles. The maximum atomic E-state index is 4.57. The van der Waals surface area contributed by atoms with Gasteiger partial charge in [0.15, 0.2) is 0 Å². The first-order chi connectivity index (χ1) is 24.2. The van der Waals surface area contributed by atoms with Crippen molar-refractivity contribution in [1.82, 2.24) is 14.1 Å². The van der Waals surface area contributed by atoms with Gasteiger partial charge in [-0.15, -0.1) is 0 Å². The van der Waals surface area contributed by atoms with Crippen LogP contribution in [-0.2, 0) is 26.4 Å². The van der Waals surface area contributed by atoms with Crippen molar-refractivity contribution in [3.05, 3.63) is 180 Å². The Kier molecular flexibility index (Phi) is 8.70. The summed E-state index contributed by atoms with van der Waals surface area (Å²) in [6, 6.07) is 62.7. The van der Waals surface area contributed by atoms with Gasteiger partial charge in [0, 0.05) is 6.20 Å². The van der Waals surface area contributed by atoms with E-state index in [-0.39, 0.29) is 0 Å². The second-order valence-electron chi connectivity index (χ2n) is 11.5. The molecule has 0 saturated carbocycles. The Morgan fingerprint density at radius 1 is 0.592 bits per heavy atom. The predicted molar refractivity (Wildman–Crippen MR) is 197 cm³/mol. The number of hydrogen-bond acceptors (Lipinski definition) is 3. The maximum absolute atomic E-state index is 4.57. The molecule has 240 valence electrons. The molecule has 6 heteroatoms. The summed E-state index contributed by atoms with van der Waals surface area (Å²) in [6.45, 7) is 0. The van der Waals surface area contributed by atoms with Gasteiger partial charge in [0.2, 0.25) is 0 Å². The molecule has 0 bridgehead atoms. The van der Waals surface area contributed by atoms with Crippen LogP contribution in [0.1, 0.15) is 0 Å². The fourth-order valence-electron chi connectivity index (χ4n) is 6.20. The van der Waals surface area contributed by atoms with Gasteiger partial charge in [-0.3, -0.25) is 0 Å². The zero-order valence-electron chi connectivity index (χ0n) is 26.6. The molecule has 0 radical (unpaired) electrons. The fraction of sp³-hybridized carbons (Fsp3) is 0.0233. The van der Waals surface area contributed by atoms with Gasteiger partial charge in [-0.2, -0.15) is 0 Å². The van der Waals surface area contributed by atoms with Crippen LogP contribution in [0.3, 0.4) is 0 Å². The molecule has 8 rings (SSSR count). The van der Waals surface area contributed by atoms with Gasteiger partial charge in [-0.25, -0.2) is 0 Å². The average Bonchev–Trinajstić information content (AvgIpc) is 3.42. The van der Waals surface area contributed by atoms with E-state index in [0.29, 0.717) is 0 Å². The molecule has 0 saturated heterocycles. The van der Waals surface area contributed by atoms with Crippen LogP contribution in [0.4, 0.5) is 17.1 Å². The molecule has 4 nitrogen and oxygen atoms in total. The number of para-hydroxylation sites is 3. The molecule has 0 amide bonds. The van der Waals surface area contributed by atoms with Gasteiger partial charge in [0.1, 0.15) is 0 Å². The van der Waals surface area contributed by atoms with Crippen LogP contribution in [0, 0.1) is 15.9 Å². The van der Waals surface area contributed by atoms with Crippen LogP contribution in [0.2, 0.25) is 0 Å². The van der Waals surface area contributed by atoms with Crippen molar-refractivity contribution in [1.29, 1.82) is 0 Å². The predicted octanol–water partition coefficient (Wildman–Crippen LogP) is 11.0. The SMILES string of the molecule is Cn1[c](=[Pt])n(-c2[c-]c(N(c3[c-]c(Sc4ccccn4)ccc3)c3c(-c4ccccc4)cccc3-c3ccccc3)ccc2)c2ccccc21. The second kappa shape index (κ2) is 13.7. The number of imidazole rings is 1. The first kappa shape index (κ1) is 31.1. The summed E-state index contributed by atoms with van der Waals surface area (Å²) in [7, 11) is 2.11. The van der Waals surface area contributed by atoms with Crippen molar-refractivity contribution in [3.8, 4) is 27.9 Å². The molecule has 0 unspecified atom stereocenters. The summed E-state index contributed by atoms with van der Waals surface area (Å²) in [4.78, 5) is 7.87. The zero-order valence-corrected chi connectivity index (χ0v) is 29.7. The van der Waals surface area contributed by atoms with Gasteiger partial charge in [0.05, 0.1) is 0 Å². The van der Waals surface area contributed by atoms with Gasteiger partial charge in [-0.1, -0.05) is 6.07 Å². The molecule has 0 atom stereocenters. The van der Waals surface area contributed by atoms with Gasteiger partial charge in [-0.05, 0) is 6.07 Å². The van der Waals surface area contributed by atoms with Crippen molar-refractivity contribution in [3.63, 3.8) is 0 Å². The summed E-state index contributed by atoms with van der Waals surface area (Å²) >= 11 is 4.02. The minimum absolute atomic E-state index is 0.908. The third-order valence-corrected chi connectivity index (χ3v) is 10.6. The quantitative estimate of drug-likeness (QED) is 0.143. The Labute approximate surface area is 301 Å². The van der Waals surface area contributed by atoms with Crippen LogP contribution in [0.25, 0.3) is 39.0 Å². The molecular weight excluding hydrogens is 800 g/mol. The van der Waals surface area contributed by atoms with E-state index < -0.39 is 0 Å². The monoisotopic (exact) mass is 829 g/mol. The van der Waals surface area contributed by atoms with E-state index in [9.17, 15) is 0 Å². The molecule has 0 aliphatic rings. The fourth-order valence-corrected chi connectivity index (χ4v) is 7.81. The van der Waals surface area contributed by atoms with E-state index in [1.807, 2.05) is 24.4 Å². The van der Waals surface area contributed by atoms with Crippen molar-refractivity contribution >= 4 is 39.9 Å². The molecule has 2 heterocycles. The molecular formula is C43H30N4PtS-2. The van der Waals surface area contributed by atoms with Crippen LogP contribution in [0.5, 0.6) is 0 Å². The molecule has 0 aliphatic heterocycles. The third-order valence-electron chi connectivity index (χ3n) is 8.43. The second-order valence-corrected chi connectivity index (χ2v) is 13.6. The Balaban J connectivity index is 1.40. The van der Waals surface area contributed by atoms with E-state index >= 15 is 0 Å². The number of pyridine rings is 1. The number of anilines is 3. The first-order valence-electron chi connectivity index (χ1n) is 16.0. The number of aromatic nitrogens is 3. The topological polar surface area (TPSA) is 26.0 Å². The average molecular weight is 830 g/mol. The van der Waals surface area contributed by atoms with Crippen LogP contribution in [-0.4, -0.2) is 14.1 Å². The molecule has 0 spiro atoms. The van der Waals surface area contributed by atoms with E-state index in [1.165, 1.54) is 0 Å². The third kappa shape index (κ3) is 6.12. The van der Waals surface area contributed by atoms with Crippen molar-refractivity contribution in [2.45, 2.75) is 9.92 Å². The van der Waals surface area contributed by atoms with Gasteiger partial charge >= 0.3 is 285 Å². The van der Waals surface area contributed by atoms with E-state index in [4.69, 9.17) is 0 Å². The molecule has 0 N–H and O–H groups in total. The Morgan fingerprint density at radius 3 is 1.86 bits per heavy atom. The number of rotatable bonds is 8. The van der Waals surface area contributed by atoms with E-state index in [2.05, 4.69) is 197 Å². The molecule has 8 aromatic rings. The number of nitrogens with zero attached hydrogens (tertiary/aromatic N) is 4. The standard InChI is InChI=1S/C43H30N4S.Pt/c1-45-31-46(41-26-9-8-25-40(41)45)34-19-12-20-35(29-34)47(36-21-13-22-37(30-36)48-42-27-10-11-28-44-42)43-38(32-15-4-2-5-16-32)23-14-24-39(43)33-17-6-3-7-18-33;/h2-28H,1H3;/q-2;. The Bertz CT molecular complexity index is 2400. The summed E-state index contributed by atoms with van der Waals surface area (Å²) < 4.78 is 5.59. The summed E-state index contributed by atoms with van der Waals surface area (Å²) in [5, 5.41) is 0.924.